The summed E-state index contributed by atoms with van der Waals surface area (Å²) in [5.74, 6) is -0.466. The van der Waals surface area contributed by atoms with Crippen LogP contribution < -0.4 is 4.74 Å². The molecule has 106 valence electrons. The van der Waals surface area contributed by atoms with Crippen molar-refractivity contribution in [3.8, 4) is 5.75 Å². The molecule has 0 aliphatic rings. The van der Waals surface area contributed by atoms with Crippen LogP contribution in [0.5, 0.6) is 5.75 Å². The SMILES string of the molecule is COc1cc(F)c(Br)cc1C(Cl)c1ccc(F)cc1Br. The number of ether oxygens (including phenoxy) is 1. The van der Waals surface area contributed by atoms with Crippen molar-refractivity contribution in [2.75, 3.05) is 7.11 Å². The molecule has 1 unspecified atom stereocenters. The van der Waals surface area contributed by atoms with Crippen molar-refractivity contribution in [1.82, 2.24) is 0 Å². The summed E-state index contributed by atoms with van der Waals surface area (Å²) in [5.41, 5.74) is 1.26. The molecule has 0 amide bonds. The van der Waals surface area contributed by atoms with E-state index in [1.165, 1.54) is 25.3 Å². The Kier molecular flexibility index (Phi) is 5.04. The molecule has 0 saturated heterocycles. The molecular formula is C14H9Br2ClF2O. The van der Waals surface area contributed by atoms with E-state index < -0.39 is 11.2 Å². The quantitative estimate of drug-likeness (QED) is 0.562. The molecule has 0 radical (unpaired) electrons. The number of alkyl halides is 1. The molecular weight excluding hydrogens is 417 g/mol. The number of halogens is 5. The van der Waals surface area contributed by atoms with E-state index >= 15 is 0 Å². The highest BCUT2D eigenvalue weighted by atomic mass is 79.9. The van der Waals surface area contributed by atoms with Gasteiger partial charge >= 0.3 is 0 Å². The maximum absolute atomic E-state index is 13.5. The van der Waals surface area contributed by atoms with Gasteiger partial charge in [0.05, 0.1) is 17.0 Å². The molecule has 6 heteroatoms. The van der Waals surface area contributed by atoms with E-state index in [4.69, 9.17) is 16.3 Å². The molecule has 0 aliphatic heterocycles. The average molecular weight is 426 g/mol. The first kappa shape index (κ1) is 15.7. The molecule has 20 heavy (non-hydrogen) atoms. The minimum atomic E-state index is -0.600. The van der Waals surface area contributed by atoms with Gasteiger partial charge in [0.15, 0.2) is 0 Å². The highest BCUT2D eigenvalue weighted by molar-refractivity contribution is 9.10. The molecule has 2 aromatic rings. The average Bonchev–Trinajstić information content (AvgIpc) is 2.40. The molecule has 0 spiro atoms. The third kappa shape index (κ3) is 3.15. The fraction of sp³-hybridized carbons (Fsp3) is 0.143. The van der Waals surface area contributed by atoms with Gasteiger partial charge in [-0.1, -0.05) is 22.0 Å². The lowest BCUT2D eigenvalue weighted by Crippen LogP contribution is -2.00. The molecule has 0 fully saturated rings. The van der Waals surface area contributed by atoms with E-state index in [9.17, 15) is 8.78 Å². The van der Waals surface area contributed by atoms with Gasteiger partial charge in [0.25, 0.3) is 0 Å². The number of rotatable bonds is 3. The second kappa shape index (κ2) is 6.41. The fourth-order valence-electron chi connectivity index (χ4n) is 1.79. The van der Waals surface area contributed by atoms with Crippen LogP contribution in [0.4, 0.5) is 8.78 Å². The van der Waals surface area contributed by atoms with Gasteiger partial charge in [-0.3, -0.25) is 0 Å². The van der Waals surface area contributed by atoms with Crippen molar-refractivity contribution in [3.63, 3.8) is 0 Å². The van der Waals surface area contributed by atoms with Gasteiger partial charge in [0.1, 0.15) is 17.4 Å². The summed E-state index contributed by atoms with van der Waals surface area (Å²) in [6.45, 7) is 0. The predicted octanol–water partition coefficient (Wildman–Crippen LogP) is 5.83. The summed E-state index contributed by atoms with van der Waals surface area (Å²) in [6.07, 6.45) is 0. The summed E-state index contributed by atoms with van der Waals surface area (Å²) in [4.78, 5) is 0. The Morgan fingerprint density at radius 3 is 2.35 bits per heavy atom. The van der Waals surface area contributed by atoms with E-state index in [1.807, 2.05) is 0 Å². The first-order valence-electron chi connectivity index (χ1n) is 5.56. The Morgan fingerprint density at radius 1 is 1.05 bits per heavy atom. The van der Waals surface area contributed by atoms with Crippen molar-refractivity contribution in [3.05, 3.63) is 62.0 Å². The Balaban J connectivity index is 2.52. The summed E-state index contributed by atoms with van der Waals surface area (Å²) in [5, 5.41) is -0.600. The van der Waals surface area contributed by atoms with E-state index in [2.05, 4.69) is 31.9 Å². The third-order valence-corrected chi connectivity index (χ3v) is 4.55. The Labute approximate surface area is 137 Å². The molecule has 1 atom stereocenters. The van der Waals surface area contributed by atoms with Gasteiger partial charge in [-0.25, -0.2) is 8.78 Å². The molecule has 0 aromatic heterocycles. The summed E-state index contributed by atoms with van der Waals surface area (Å²) in [6, 6.07) is 7.04. The number of hydrogen-bond donors (Lipinski definition) is 0. The predicted molar refractivity (Wildman–Crippen MR) is 82.4 cm³/mol. The fourth-order valence-corrected chi connectivity index (χ4v) is 3.23. The lowest BCUT2D eigenvalue weighted by Gasteiger charge is -2.16. The maximum atomic E-state index is 13.5. The highest BCUT2D eigenvalue weighted by Gasteiger charge is 2.20. The zero-order chi connectivity index (χ0) is 14.9. The van der Waals surface area contributed by atoms with E-state index in [-0.39, 0.29) is 10.3 Å². The molecule has 0 heterocycles. The second-order valence-corrected chi connectivity index (χ2v) is 6.18. The Hall–Kier alpha value is -0.650. The van der Waals surface area contributed by atoms with Gasteiger partial charge in [-0.15, -0.1) is 11.6 Å². The van der Waals surface area contributed by atoms with Crippen LogP contribution >= 0.6 is 43.5 Å². The third-order valence-electron chi connectivity index (χ3n) is 2.78. The van der Waals surface area contributed by atoms with Crippen molar-refractivity contribution < 1.29 is 13.5 Å². The van der Waals surface area contributed by atoms with Gasteiger partial charge < -0.3 is 4.74 Å². The molecule has 2 aromatic carbocycles. The van der Waals surface area contributed by atoms with Crippen LogP contribution in [0.3, 0.4) is 0 Å². The van der Waals surface area contributed by atoms with Gasteiger partial charge in [-0.05, 0) is 39.7 Å². The van der Waals surface area contributed by atoms with Crippen molar-refractivity contribution in [2.45, 2.75) is 5.38 Å². The maximum Gasteiger partial charge on any atom is 0.141 e. The molecule has 0 N–H and O–H groups in total. The Morgan fingerprint density at radius 2 is 1.75 bits per heavy atom. The van der Waals surface area contributed by atoms with Crippen LogP contribution in [0, 0.1) is 11.6 Å². The molecule has 0 aliphatic carbocycles. The largest absolute Gasteiger partial charge is 0.496 e. The molecule has 2 rings (SSSR count). The zero-order valence-corrected chi connectivity index (χ0v) is 14.2. The van der Waals surface area contributed by atoms with E-state index in [0.29, 0.717) is 21.3 Å². The topological polar surface area (TPSA) is 9.23 Å². The van der Waals surface area contributed by atoms with Gasteiger partial charge in [0, 0.05) is 16.1 Å². The first-order chi connectivity index (χ1) is 9.43. The minimum absolute atomic E-state index is 0.289. The number of hydrogen-bond acceptors (Lipinski definition) is 1. The zero-order valence-electron chi connectivity index (χ0n) is 10.3. The van der Waals surface area contributed by atoms with Crippen molar-refractivity contribution >= 4 is 43.5 Å². The second-order valence-electron chi connectivity index (χ2n) is 4.04. The van der Waals surface area contributed by atoms with Crippen molar-refractivity contribution in [2.24, 2.45) is 0 Å². The Bertz CT molecular complexity index is 649. The van der Waals surface area contributed by atoms with Crippen LogP contribution in [0.15, 0.2) is 39.3 Å². The van der Waals surface area contributed by atoms with Crippen LogP contribution in [-0.4, -0.2) is 7.11 Å². The van der Waals surface area contributed by atoms with Crippen LogP contribution in [0.25, 0.3) is 0 Å². The standard InChI is InChI=1S/C14H9Br2ClF2O/c1-20-13-6-12(19)11(16)5-9(13)14(17)8-3-2-7(18)4-10(8)15/h2-6,14H,1H3. The molecule has 0 saturated carbocycles. The summed E-state index contributed by atoms with van der Waals surface area (Å²) < 4.78 is 32.6. The van der Waals surface area contributed by atoms with Gasteiger partial charge in [0.2, 0.25) is 0 Å². The normalized spacial score (nSPS) is 12.3. The highest BCUT2D eigenvalue weighted by Crippen LogP contribution is 2.40. The molecule has 1 nitrogen and oxygen atoms in total. The summed E-state index contributed by atoms with van der Waals surface area (Å²) in [7, 11) is 1.44. The van der Waals surface area contributed by atoms with Crippen LogP contribution in [0.1, 0.15) is 16.5 Å². The van der Waals surface area contributed by atoms with Crippen LogP contribution in [0.2, 0.25) is 0 Å². The van der Waals surface area contributed by atoms with E-state index in [1.54, 1.807) is 12.1 Å². The smallest absolute Gasteiger partial charge is 0.141 e. The lowest BCUT2D eigenvalue weighted by atomic mass is 10.0. The number of methoxy groups -OCH3 is 1. The van der Waals surface area contributed by atoms with Crippen molar-refractivity contribution in [1.29, 1.82) is 0 Å². The molecule has 0 bridgehead atoms. The first-order valence-corrected chi connectivity index (χ1v) is 7.58. The lowest BCUT2D eigenvalue weighted by molar-refractivity contribution is 0.406. The summed E-state index contributed by atoms with van der Waals surface area (Å²) >= 11 is 12.8. The minimum Gasteiger partial charge on any atom is -0.496 e. The van der Waals surface area contributed by atoms with Gasteiger partial charge in [-0.2, -0.15) is 0 Å². The monoisotopic (exact) mass is 424 g/mol. The van der Waals surface area contributed by atoms with E-state index in [0.717, 1.165) is 0 Å². The van der Waals surface area contributed by atoms with Crippen LogP contribution in [-0.2, 0) is 0 Å². The number of benzene rings is 2.